The van der Waals surface area contributed by atoms with Crippen LogP contribution in [0.1, 0.15) is 40.2 Å². The van der Waals surface area contributed by atoms with Crippen molar-refractivity contribution in [2.24, 2.45) is 5.10 Å². The maximum Gasteiger partial charge on any atom is 0.344 e. The van der Waals surface area contributed by atoms with Crippen molar-refractivity contribution in [2.45, 2.75) is 27.4 Å². The Hall–Kier alpha value is -5.59. The smallest absolute Gasteiger partial charge is 0.344 e. The van der Waals surface area contributed by atoms with Gasteiger partial charge in [-0.3, -0.25) is 14.9 Å². The third kappa shape index (κ3) is 7.58. The lowest BCUT2D eigenvalue weighted by molar-refractivity contribution is -0.385. The number of amides is 1. The molecular formula is C30H30N4O9. The van der Waals surface area contributed by atoms with Gasteiger partial charge in [0, 0.05) is 28.7 Å². The van der Waals surface area contributed by atoms with Gasteiger partial charge in [0.1, 0.15) is 18.1 Å². The predicted octanol–water partition coefficient (Wildman–Crippen LogP) is 4.89. The molecule has 0 saturated heterocycles. The number of esters is 1. The van der Waals surface area contributed by atoms with E-state index in [4.69, 9.17) is 23.4 Å². The van der Waals surface area contributed by atoms with Crippen molar-refractivity contribution in [3.63, 3.8) is 0 Å². The van der Waals surface area contributed by atoms with Gasteiger partial charge >= 0.3 is 17.6 Å². The fourth-order valence-corrected chi connectivity index (χ4v) is 4.17. The van der Waals surface area contributed by atoms with Gasteiger partial charge < -0.3 is 27.9 Å². The number of rotatable bonds is 13. The maximum atomic E-state index is 12.5. The molecular weight excluding hydrogens is 560 g/mol. The molecule has 0 bridgehead atoms. The second kappa shape index (κ2) is 13.9. The van der Waals surface area contributed by atoms with Crippen LogP contribution in [0.5, 0.6) is 17.2 Å². The van der Waals surface area contributed by atoms with Gasteiger partial charge in [-0.15, -0.1) is 0 Å². The number of methoxy groups -OCH3 is 1. The van der Waals surface area contributed by atoms with Crippen LogP contribution >= 0.6 is 0 Å². The zero-order valence-corrected chi connectivity index (χ0v) is 24.0. The van der Waals surface area contributed by atoms with E-state index in [1.807, 2.05) is 38.1 Å². The number of aryl methyl sites for hydroxylation is 2. The Morgan fingerprint density at radius 1 is 1.05 bits per heavy atom. The SMILES string of the molecule is CCOC(=O)COc1c(OC)cc(/C=N/NC(=O)c2ccc(COc3ccc(-n4c(C)ccc4C)cc3)o2)cc1[N+](=O)[O-]. The number of nitrogens with zero attached hydrogens (tertiary/aromatic N) is 3. The summed E-state index contributed by atoms with van der Waals surface area (Å²) in [6.45, 7) is 5.41. The molecule has 2 heterocycles. The fourth-order valence-electron chi connectivity index (χ4n) is 4.17. The Morgan fingerprint density at radius 2 is 1.77 bits per heavy atom. The minimum atomic E-state index is -0.691. The highest BCUT2D eigenvalue weighted by Gasteiger charge is 2.23. The lowest BCUT2D eigenvalue weighted by Gasteiger charge is -2.11. The minimum absolute atomic E-state index is 0.00377. The largest absolute Gasteiger partial charge is 0.493 e. The average molecular weight is 591 g/mol. The number of nitro benzene ring substituents is 1. The Bertz CT molecular complexity index is 1620. The molecule has 224 valence electrons. The Morgan fingerprint density at radius 3 is 2.42 bits per heavy atom. The number of furan rings is 1. The highest BCUT2D eigenvalue weighted by molar-refractivity contribution is 5.92. The van der Waals surface area contributed by atoms with Crippen LogP contribution in [0.2, 0.25) is 0 Å². The molecule has 43 heavy (non-hydrogen) atoms. The lowest BCUT2D eigenvalue weighted by atomic mass is 10.2. The van der Waals surface area contributed by atoms with Gasteiger partial charge in [0.05, 0.1) is 24.9 Å². The van der Waals surface area contributed by atoms with Gasteiger partial charge in [0.15, 0.2) is 18.1 Å². The number of benzene rings is 2. The van der Waals surface area contributed by atoms with Gasteiger partial charge in [0.25, 0.3) is 0 Å². The maximum absolute atomic E-state index is 12.5. The van der Waals surface area contributed by atoms with Gasteiger partial charge in [-0.05, 0) is 75.4 Å². The zero-order valence-electron chi connectivity index (χ0n) is 24.0. The second-order valence-electron chi connectivity index (χ2n) is 9.12. The molecule has 2 aromatic heterocycles. The summed E-state index contributed by atoms with van der Waals surface area (Å²) < 4.78 is 28.8. The van der Waals surface area contributed by atoms with E-state index in [0.29, 0.717) is 11.5 Å². The van der Waals surface area contributed by atoms with Crippen LogP contribution in [0.25, 0.3) is 5.69 Å². The standard InChI is InChI=1S/C30H30N4O9/c1-5-40-28(35)18-42-29-25(34(37)38)14-21(15-27(29)39-4)16-31-32-30(36)26-13-12-24(43-26)17-41-23-10-8-22(9-11-23)33-19(2)6-7-20(33)3/h6-16H,5,17-18H2,1-4H3,(H,32,36)/b31-16+. The summed E-state index contributed by atoms with van der Waals surface area (Å²) in [4.78, 5) is 35.1. The molecule has 13 heteroatoms. The molecule has 0 unspecified atom stereocenters. The molecule has 0 aliphatic heterocycles. The summed E-state index contributed by atoms with van der Waals surface area (Å²) in [5.41, 5.74) is 5.37. The molecule has 1 amide bonds. The van der Waals surface area contributed by atoms with Crippen LogP contribution in [-0.4, -0.2) is 47.9 Å². The highest BCUT2D eigenvalue weighted by Crippen LogP contribution is 2.38. The number of carbonyl (C=O) groups is 2. The Kier molecular flexibility index (Phi) is 9.78. The summed E-state index contributed by atoms with van der Waals surface area (Å²) in [6, 6.07) is 17.4. The number of ether oxygens (including phenoxy) is 4. The van der Waals surface area contributed by atoms with E-state index in [0.717, 1.165) is 23.1 Å². The van der Waals surface area contributed by atoms with Crippen molar-refractivity contribution in [3.05, 3.63) is 99.2 Å². The number of hydrazone groups is 1. The molecule has 1 N–H and O–H groups in total. The fraction of sp³-hybridized carbons (Fsp3) is 0.233. The molecule has 0 aliphatic rings. The van der Waals surface area contributed by atoms with Crippen molar-refractivity contribution in [3.8, 4) is 22.9 Å². The topological polar surface area (TPSA) is 157 Å². The first kappa shape index (κ1) is 30.4. The van der Waals surface area contributed by atoms with Crippen LogP contribution in [-0.2, 0) is 16.1 Å². The van der Waals surface area contributed by atoms with Crippen LogP contribution in [0.15, 0.2) is 70.2 Å². The number of nitro groups is 1. The first-order valence-corrected chi connectivity index (χ1v) is 13.1. The second-order valence-corrected chi connectivity index (χ2v) is 9.12. The van der Waals surface area contributed by atoms with E-state index >= 15 is 0 Å². The minimum Gasteiger partial charge on any atom is -0.493 e. The van der Waals surface area contributed by atoms with Crippen molar-refractivity contribution in [1.82, 2.24) is 9.99 Å². The van der Waals surface area contributed by atoms with Crippen molar-refractivity contribution in [1.29, 1.82) is 0 Å². The van der Waals surface area contributed by atoms with Gasteiger partial charge in [-0.25, -0.2) is 10.2 Å². The first-order chi connectivity index (χ1) is 20.7. The lowest BCUT2D eigenvalue weighted by Crippen LogP contribution is -2.17. The number of carbonyl (C=O) groups excluding carboxylic acids is 2. The van der Waals surface area contributed by atoms with E-state index in [-0.39, 0.29) is 36.0 Å². The van der Waals surface area contributed by atoms with E-state index in [1.54, 1.807) is 13.0 Å². The normalized spacial score (nSPS) is 10.9. The zero-order chi connectivity index (χ0) is 30.9. The summed E-state index contributed by atoms with van der Waals surface area (Å²) in [6.07, 6.45) is 1.19. The molecule has 0 spiro atoms. The molecule has 4 rings (SSSR count). The molecule has 0 aliphatic carbocycles. The predicted molar refractivity (Wildman–Crippen MR) is 155 cm³/mol. The Labute approximate surface area is 246 Å². The van der Waals surface area contributed by atoms with Crippen molar-refractivity contribution >= 4 is 23.8 Å². The molecule has 0 atom stereocenters. The van der Waals surface area contributed by atoms with Crippen LogP contribution in [0, 0.1) is 24.0 Å². The summed E-state index contributed by atoms with van der Waals surface area (Å²) in [5, 5.41) is 15.5. The van der Waals surface area contributed by atoms with Gasteiger partial charge in [-0.2, -0.15) is 5.10 Å². The molecule has 2 aromatic carbocycles. The van der Waals surface area contributed by atoms with Crippen LogP contribution in [0.4, 0.5) is 5.69 Å². The van der Waals surface area contributed by atoms with Gasteiger partial charge in [-0.1, -0.05) is 0 Å². The summed E-state index contributed by atoms with van der Waals surface area (Å²) in [5.74, 6) is -0.516. The monoisotopic (exact) mass is 590 g/mol. The van der Waals surface area contributed by atoms with E-state index in [9.17, 15) is 19.7 Å². The highest BCUT2D eigenvalue weighted by atomic mass is 16.6. The van der Waals surface area contributed by atoms with Gasteiger partial charge in [0.2, 0.25) is 5.75 Å². The number of hydrogen-bond acceptors (Lipinski definition) is 10. The summed E-state index contributed by atoms with van der Waals surface area (Å²) >= 11 is 0. The number of aromatic nitrogens is 1. The van der Waals surface area contributed by atoms with E-state index < -0.39 is 29.1 Å². The molecule has 0 radical (unpaired) electrons. The van der Waals surface area contributed by atoms with Crippen molar-refractivity contribution < 1.29 is 37.9 Å². The third-order valence-corrected chi connectivity index (χ3v) is 6.13. The van der Waals surface area contributed by atoms with Crippen LogP contribution < -0.4 is 19.6 Å². The van der Waals surface area contributed by atoms with E-state index in [1.165, 1.54) is 25.5 Å². The number of hydrogen-bond donors (Lipinski definition) is 1. The molecule has 0 fully saturated rings. The first-order valence-electron chi connectivity index (χ1n) is 13.1. The molecule has 0 saturated carbocycles. The van der Waals surface area contributed by atoms with E-state index in [2.05, 4.69) is 27.2 Å². The summed E-state index contributed by atoms with van der Waals surface area (Å²) in [7, 11) is 1.29. The molecule has 4 aromatic rings. The third-order valence-electron chi connectivity index (χ3n) is 6.13. The Balaban J connectivity index is 1.35. The average Bonchev–Trinajstić information content (AvgIpc) is 3.61. The quantitative estimate of drug-likeness (QED) is 0.0991. The molecule has 13 nitrogen and oxygen atoms in total. The van der Waals surface area contributed by atoms with Crippen molar-refractivity contribution in [2.75, 3.05) is 20.3 Å². The number of nitrogens with one attached hydrogen (secondary N) is 1. The van der Waals surface area contributed by atoms with Crippen LogP contribution in [0.3, 0.4) is 0 Å².